The highest BCUT2D eigenvalue weighted by Crippen LogP contribution is 2.43. The number of hydrogen-bond acceptors (Lipinski definition) is 5. The van der Waals surface area contributed by atoms with Gasteiger partial charge in [0.1, 0.15) is 6.04 Å². The van der Waals surface area contributed by atoms with E-state index in [0.29, 0.717) is 6.42 Å². The molecule has 1 aromatic rings. The van der Waals surface area contributed by atoms with Crippen molar-refractivity contribution in [2.45, 2.75) is 31.3 Å². The minimum Gasteiger partial charge on any atom is -0.504 e. The smallest absolute Gasteiger partial charge is 0.323 e. The van der Waals surface area contributed by atoms with Crippen molar-refractivity contribution in [1.82, 2.24) is 4.90 Å². The van der Waals surface area contributed by atoms with Crippen LogP contribution in [0.15, 0.2) is 12.1 Å². The molecular weight excluding hydrogens is 246 g/mol. The predicted molar refractivity (Wildman–Crippen MR) is 68.0 cm³/mol. The molecular formula is C14H17NO4. The maximum Gasteiger partial charge on any atom is 0.323 e. The molecule has 0 saturated carbocycles. The number of phenolic OH excluding ortho intramolecular Hbond substituents is 2. The quantitative estimate of drug-likeness (QED) is 0.591. The van der Waals surface area contributed by atoms with Gasteiger partial charge in [0, 0.05) is 6.04 Å². The molecule has 3 rings (SSSR count). The largest absolute Gasteiger partial charge is 0.504 e. The van der Waals surface area contributed by atoms with E-state index in [1.54, 1.807) is 12.1 Å². The molecule has 2 aliphatic rings. The predicted octanol–water partition coefficient (Wildman–Crippen LogP) is 1.33. The summed E-state index contributed by atoms with van der Waals surface area (Å²) in [6.07, 6.45) is 2.51. The molecule has 0 aliphatic carbocycles. The zero-order valence-corrected chi connectivity index (χ0v) is 10.8. The fourth-order valence-electron chi connectivity index (χ4n) is 3.30. The molecule has 1 saturated heterocycles. The van der Waals surface area contributed by atoms with E-state index in [1.165, 1.54) is 7.11 Å². The summed E-state index contributed by atoms with van der Waals surface area (Å²) in [7, 11) is 1.40. The summed E-state index contributed by atoms with van der Waals surface area (Å²) in [5.74, 6) is -0.457. The fourth-order valence-corrected chi connectivity index (χ4v) is 3.30. The van der Waals surface area contributed by atoms with Gasteiger partial charge in [-0.05, 0) is 49.1 Å². The Balaban J connectivity index is 2.05. The monoisotopic (exact) mass is 263 g/mol. The molecule has 1 aromatic carbocycles. The second-order valence-electron chi connectivity index (χ2n) is 5.18. The third-order valence-electron chi connectivity index (χ3n) is 4.18. The molecule has 0 amide bonds. The first-order valence-electron chi connectivity index (χ1n) is 6.50. The number of methoxy groups -OCH3 is 1. The van der Waals surface area contributed by atoms with Gasteiger partial charge in [-0.15, -0.1) is 0 Å². The topological polar surface area (TPSA) is 70.0 Å². The van der Waals surface area contributed by atoms with E-state index >= 15 is 0 Å². The van der Waals surface area contributed by atoms with Gasteiger partial charge in [-0.3, -0.25) is 9.69 Å². The standard InChI is InChI=1S/C14H17NO4/c1-19-14(18)11-5-8-6-12(16)13(17)7-9(8)10-3-2-4-15(10)11/h6-7,10-11,16-17H,2-5H2,1H3/t10-,11+/m1/s1. The van der Waals surface area contributed by atoms with Crippen LogP contribution in [0.5, 0.6) is 11.5 Å². The maximum absolute atomic E-state index is 11.9. The number of carbonyl (C=O) groups excluding carboxylic acids is 1. The van der Waals surface area contributed by atoms with Gasteiger partial charge in [0.05, 0.1) is 7.11 Å². The Hall–Kier alpha value is -1.75. The lowest BCUT2D eigenvalue weighted by Gasteiger charge is -2.37. The molecule has 0 aromatic heterocycles. The first kappa shape index (κ1) is 12.3. The molecule has 5 heteroatoms. The van der Waals surface area contributed by atoms with Gasteiger partial charge in [0.2, 0.25) is 0 Å². The second kappa shape index (κ2) is 4.42. The summed E-state index contributed by atoms with van der Waals surface area (Å²) in [5.41, 5.74) is 1.95. The lowest BCUT2D eigenvalue weighted by atomic mass is 9.88. The van der Waals surface area contributed by atoms with Crippen LogP contribution in [0.25, 0.3) is 0 Å². The normalized spacial score (nSPS) is 25.7. The number of esters is 1. The lowest BCUT2D eigenvalue weighted by molar-refractivity contribution is -0.147. The molecule has 1 fully saturated rings. The van der Waals surface area contributed by atoms with Crippen molar-refractivity contribution in [3.8, 4) is 11.5 Å². The minimum absolute atomic E-state index is 0.0953. The molecule has 102 valence electrons. The summed E-state index contributed by atoms with van der Waals surface area (Å²) in [6, 6.07) is 3.05. The first-order chi connectivity index (χ1) is 9.11. The fraction of sp³-hybridized carbons (Fsp3) is 0.500. The number of rotatable bonds is 1. The Morgan fingerprint density at radius 3 is 2.84 bits per heavy atom. The van der Waals surface area contributed by atoms with Crippen molar-refractivity contribution < 1.29 is 19.7 Å². The number of hydrogen-bond donors (Lipinski definition) is 2. The van der Waals surface area contributed by atoms with Crippen molar-refractivity contribution in [3.63, 3.8) is 0 Å². The summed E-state index contributed by atoms with van der Waals surface area (Å²) < 4.78 is 4.87. The molecule has 0 unspecified atom stereocenters. The second-order valence-corrected chi connectivity index (χ2v) is 5.18. The zero-order chi connectivity index (χ0) is 13.6. The summed E-state index contributed by atoms with van der Waals surface area (Å²) in [4.78, 5) is 14.0. The van der Waals surface area contributed by atoms with Gasteiger partial charge in [0.25, 0.3) is 0 Å². The molecule has 2 atom stereocenters. The average molecular weight is 263 g/mol. The van der Waals surface area contributed by atoms with Gasteiger partial charge in [-0.25, -0.2) is 0 Å². The number of fused-ring (bicyclic) bond motifs is 3. The van der Waals surface area contributed by atoms with Crippen LogP contribution < -0.4 is 0 Å². The Labute approximate surface area is 111 Å². The number of benzene rings is 1. The highest BCUT2D eigenvalue weighted by Gasteiger charge is 2.41. The van der Waals surface area contributed by atoms with Crippen molar-refractivity contribution in [2.24, 2.45) is 0 Å². The van der Waals surface area contributed by atoms with E-state index < -0.39 is 0 Å². The Morgan fingerprint density at radius 2 is 2.11 bits per heavy atom. The highest BCUT2D eigenvalue weighted by molar-refractivity contribution is 5.77. The van der Waals surface area contributed by atoms with Crippen LogP contribution in [0, 0.1) is 0 Å². The third-order valence-corrected chi connectivity index (χ3v) is 4.18. The first-order valence-corrected chi connectivity index (χ1v) is 6.50. The van der Waals surface area contributed by atoms with E-state index in [4.69, 9.17) is 4.74 Å². The van der Waals surface area contributed by atoms with E-state index in [2.05, 4.69) is 4.90 Å². The summed E-state index contributed by atoms with van der Waals surface area (Å²) >= 11 is 0. The average Bonchev–Trinajstić information content (AvgIpc) is 2.88. The van der Waals surface area contributed by atoms with E-state index in [1.807, 2.05) is 0 Å². The zero-order valence-electron chi connectivity index (χ0n) is 10.8. The van der Waals surface area contributed by atoms with Crippen LogP contribution >= 0.6 is 0 Å². The van der Waals surface area contributed by atoms with E-state index in [9.17, 15) is 15.0 Å². The molecule has 2 aliphatic heterocycles. The van der Waals surface area contributed by atoms with Gasteiger partial charge >= 0.3 is 5.97 Å². The van der Waals surface area contributed by atoms with E-state index in [-0.39, 0.29) is 29.6 Å². The van der Waals surface area contributed by atoms with Gasteiger partial charge in [-0.2, -0.15) is 0 Å². The van der Waals surface area contributed by atoms with Gasteiger partial charge in [0.15, 0.2) is 11.5 Å². The Morgan fingerprint density at radius 1 is 1.37 bits per heavy atom. The van der Waals surface area contributed by atoms with Crippen LogP contribution in [0.2, 0.25) is 0 Å². The van der Waals surface area contributed by atoms with Crippen molar-refractivity contribution in [1.29, 1.82) is 0 Å². The van der Waals surface area contributed by atoms with Crippen LogP contribution in [0.4, 0.5) is 0 Å². The van der Waals surface area contributed by atoms with Gasteiger partial charge < -0.3 is 14.9 Å². The highest BCUT2D eigenvalue weighted by atomic mass is 16.5. The Kier molecular flexibility index (Phi) is 2.86. The van der Waals surface area contributed by atoms with Crippen LogP contribution in [0.1, 0.15) is 30.0 Å². The van der Waals surface area contributed by atoms with Crippen LogP contribution in [0.3, 0.4) is 0 Å². The number of ether oxygens (including phenoxy) is 1. The lowest BCUT2D eigenvalue weighted by Crippen LogP contribution is -2.46. The summed E-state index contributed by atoms with van der Waals surface area (Å²) in [6.45, 7) is 0.867. The van der Waals surface area contributed by atoms with Crippen molar-refractivity contribution in [2.75, 3.05) is 13.7 Å². The molecule has 5 nitrogen and oxygen atoms in total. The van der Waals surface area contributed by atoms with Crippen LogP contribution in [-0.2, 0) is 16.0 Å². The number of nitrogens with zero attached hydrogens (tertiary/aromatic N) is 1. The molecule has 0 spiro atoms. The Bertz CT molecular complexity index is 528. The molecule has 2 heterocycles. The number of carbonyl (C=O) groups is 1. The maximum atomic E-state index is 11.9. The molecule has 2 N–H and O–H groups in total. The minimum atomic E-state index is -0.283. The number of phenols is 2. The van der Waals surface area contributed by atoms with Crippen molar-refractivity contribution in [3.05, 3.63) is 23.3 Å². The van der Waals surface area contributed by atoms with Crippen molar-refractivity contribution >= 4 is 5.97 Å². The van der Waals surface area contributed by atoms with E-state index in [0.717, 1.165) is 30.5 Å². The van der Waals surface area contributed by atoms with Crippen LogP contribution in [-0.4, -0.2) is 40.8 Å². The summed E-state index contributed by atoms with van der Waals surface area (Å²) in [5, 5.41) is 19.3. The SMILES string of the molecule is COC(=O)[C@@H]1Cc2cc(O)c(O)cc2[C@H]2CCCN21. The number of aromatic hydroxyl groups is 2. The molecule has 0 bridgehead atoms. The molecule has 19 heavy (non-hydrogen) atoms. The molecule has 0 radical (unpaired) electrons. The van der Waals surface area contributed by atoms with Gasteiger partial charge in [-0.1, -0.05) is 0 Å². The third kappa shape index (κ3) is 1.85.